The second-order valence-electron chi connectivity index (χ2n) is 4.88. The quantitative estimate of drug-likeness (QED) is 0.848. The van der Waals surface area contributed by atoms with E-state index >= 15 is 0 Å². The highest BCUT2D eigenvalue weighted by atomic mass is 35.5. The van der Waals surface area contributed by atoms with Gasteiger partial charge in [0, 0.05) is 16.5 Å². The molecule has 4 heteroatoms. The van der Waals surface area contributed by atoms with E-state index in [0.717, 1.165) is 22.0 Å². The van der Waals surface area contributed by atoms with Crippen molar-refractivity contribution in [3.63, 3.8) is 0 Å². The maximum atomic E-state index is 12.2. The van der Waals surface area contributed by atoms with Crippen molar-refractivity contribution in [3.05, 3.63) is 64.7 Å². The number of hydrogen-bond acceptors (Lipinski definition) is 2. The van der Waals surface area contributed by atoms with Gasteiger partial charge in [-0.3, -0.25) is 4.79 Å². The lowest BCUT2D eigenvalue weighted by Crippen LogP contribution is -2.23. The first-order valence-electron chi connectivity index (χ1n) is 6.79. The average Bonchev–Trinajstić information content (AvgIpc) is 2.48. The number of carbonyl (C=O) groups is 1. The fraction of sp³-hybridized carbons (Fsp3) is 0.235. The minimum Gasteiger partial charge on any atom is -0.325 e. The van der Waals surface area contributed by atoms with Crippen molar-refractivity contribution in [2.24, 2.45) is 0 Å². The molecule has 2 rings (SSSR count). The van der Waals surface area contributed by atoms with Crippen LogP contribution in [0.15, 0.2) is 48.5 Å². The second-order valence-corrected chi connectivity index (χ2v) is 6.65. The van der Waals surface area contributed by atoms with Crippen LogP contribution in [-0.4, -0.2) is 11.2 Å². The molecule has 110 valence electrons. The Morgan fingerprint density at radius 2 is 1.86 bits per heavy atom. The summed E-state index contributed by atoms with van der Waals surface area (Å²) >= 11 is 7.47. The lowest BCUT2D eigenvalue weighted by atomic mass is 10.2. The predicted octanol–water partition coefficient (Wildman–Crippen LogP) is 4.91. The van der Waals surface area contributed by atoms with E-state index in [9.17, 15) is 4.79 Å². The van der Waals surface area contributed by atoms with Gasteiger partial charge in [0.15, 0.2) is 0 Å². The number of para-hydroxylation sites is 1. The molecule has 0 aliphatic heterocycles. The summed E-state index contributed by atoms with van der Waals surface area (Å²) < 4.78 is 0. The molecule has 0 aliphatic rings. The zero-order valence-corrected chi connectivity index (χ0v) is 13.7. The van der Waals surface area contributed by atoms with Gasteiger partial charge in [0.05, 0.1) is 5.25 Å². The second kappa shape index (κ2) is 7.53. The largest absolute Gasteiger partial charge is 0.325 e. The monoisotopic (exact) mass is 319 g/mol. The fourth-order valence-corrected chi connectivity index (χ4v) is 2.80. The topological polar surface area (TPSA) is 29.1 Å². The van der Waals surface area contributed by atoms with Crippen molar-refractivity contribution in [1.29, 1.82) is 0 Å². The van der Waals surface area contributed by atoms with E-state index in [0.29, 0.717) is 0 Å². The fourth-order valence-electron chi connectivity index (χ4n) is 1.83. The van der Waals surface area contributed by atoms with Gasteiger partial charge in [-0.1, -0.05) is 41.9 Å². The van der Waals surface area contributed by atoms with Crippen molar-refractivity contribution >= 4 is 35.0 Å². The van der Waals surface area contributed by atoms with Gasteiger partial charge in [0.2, 0.25) is 5.91 Å². The van der Waals surface area contributed by atoms with Gasteiger partial charge in [0.1, 0.15) is 0 Å². The van der Waals surface area contributed by atoms with Crippen molar-refractivity contribution in [2.45, 2.75) is 24.9 Å². The van der Waals surface area contributed by atoms with Crippen LogP contribution >= 0.6 is 23.4 Å². The van der Waals surface area contributed by atoms with E-state index in [-0.39, 0.29) is 11.2 Å². The van der Waals surface area contributed by atoms with Gasteiger partial charge in [-0.05, 0) is 43.2 Å². The SMILES string of the molecule is Cc1ccccc1NC(=O)C(C)SCc1ccc(Cl)cc1. The predicted molar refractivity (Wildman–Crippen MR) is 92.0 cm³/mol. The first-order chi connectivity index (χ1) is 10.1. The molecule has 1 atom stereocenters. The van der Waals surface area contributed by atoms with Crippen molar-refractivity contribution in [3.8, 4) is 0 Å². The lowest BCUT2D eigenvalue weighted by molar-refractivity contribution is -0.115. The number of nitrogens with one attached hydrogen (secondary N) is 1. The van der Waals surface area contributed by atoms with Crippen LogP contribution in [0.25, 0.3) is 0 Å². The third kappa shape index (κ3) is 4.80. The van der Waals surface area contributed by atoms with E-state index < -0.39 is 0 Å². The molecule has 2 aromatic carbocycles. The molecule has 1 N–H and O–H groups in total. The third-order valence-electron chi connectivity index (χ3n) is 3.19. The molecule has 2 aromatic rings. The first-order valence-corrected chi connectivity index (χ1v) is 8.21. The van der Waals surface area contributed by atoms with Crippen LogP contribution in [0.2, 0.25) is 5.02 Å². The number of aryl methyl sites for hydroxylation is 1. The number of thioether (sulfide) groups is 1. The molecule has 2 nitrogen and oxygen atoms in total. The van der Waals surface area contributed by atoms with Crippen LogP contribution in [0.1, 0.15) is 18.1 Å². The molecule has 0 bridgehead atoms. The lowest BCUT2D eigenvalue weighted by Gasteiger charge is -2.13. The summed E-state index contributed by atoms with van der Waals surface area (Å²) in [6.45, 7) is 3.91. The molecule has 0 saturated carbocycles. The summed E-state index contributed by atoms with van der Waals surface area (Å²) in [6.07, 6.45) is 0. The van der Waals surface area contributed by atoms with Gasteiger partial charge in [-0.25, -0.2) is 0 Å². The van der Waals surface area contributed by atoms with Crippen LogP contribution in [0, 0.1) is 6.92 Å². The minimum atomic E-state index is -0.111. The highest BCUT2D eigenvalue weighted by Crippen LogP contribution is 2.21. The van der Waals surface area contributed by atoms with E-state index in [1.165, 1.54) is 5.56 Å². The third-order valence-corrected chi connectivity index (χ3v) is 4.65. The van der Waals surface area contributed by atoms with Crippen LogP contribution in [0.4, 0.5) is 5.69 Å². The zero-order chi connectivity index (χ0) is 15.2. The maximum Gasteiger partial charge on any atom is 0.237 e. The Hall–Kier alpha value is -1.45. The molecular formula is C17H18ClNOS. The standard InChI is InChI=1S/C17H18ClNOS/c1-12-5-3-4-6-16(12)19-17(20)13(2)21-11-14-7-9-15(18)10-8-14/h3-10,13H,11H2,1-2H3,(H,19,20). The van der Waals surface area contributed by atoms with Crippen LogP contribution < -0.4 is 5.32 Å². The molecule has 1 unspecified atom stereocenters. The van der Waals surface area contributed by atoms with Gasteiger partial charge in [0.25, 0.3) is 0 Å². The van der Waals surface area contributed by atoms with E-state index in [1.54, 1.807) is 11.8 Å². The van der Waals surface area contributed by atoms with Gasteiger partial charge >= 0.3 is 0 Å². The Labute approximate surface area is 134 Å². The number of halogens is 1. The Morgan fingerprint density at radius 1 is 1.19 bits per heavy atom. The summed E-state index contributed by atoms with van der Waals surface area (Å²) in [5.74, 6) is 0.822. The average molecular weight is 320 g/mol. The zero-order valence-electron chi connectivity index (χ0n) is 12.1. The Morgan fingerprint density at radius 3 is 2.52 bits per heavy atom. The van der Waals surface area contributed by atoms with E-state index in [4.69, 9.17) is 11.6 Å². The van der Waals surface area contributed by atoms with Gasteiger partial charge < -0.3 is 5.32 Å². The van der Waals surface area contributed by atoms with E-state index in [1.807, 2.05) is 62.4 Å². The van der Waals surface area contributed by atoms with Gasteiger partial charge in [-0.15, -0.1) is 11.8 Å². The minimum absolute atomic E-state index is 0.0308. The molecule has 0 fully saturated rings. The number of carbonyl (C=O) groups excluding carboxylic acids is 1. The van der Waals surface area contributed by atoms with Crippen LogP contribution in [0.3, 0.4) is 0 Å². The highest BCUT2D eigenvalue weighted by Gasteiger charge is 2.14. The smallest absolute Gasteiger partial charge is 0.237 e. The Kier molecular flexibility index (Phi) is 5.71. The molecular weight excluding hydrogens is 302 g/mol. The Balaban J connectivity index is 1.88. The normalized spacial score (nSPS) is 12.0. The molecule has 21 heavy (non-hydrogen) atoms. The first kappa shape index (κ1) is 15.9. The highest BCUT2D eigenvalue weighted by molar-refractivity contribution is 7.99. The summed E-state index contributed by atoms with van der Waals surface area (Å²) in [7, 11) is 0. The van der Waals surface area contributed by atoms with E-state index in [2.05, 4.69) is 5.32 Å². The number of anilines is 1. The van der Waals surface area contributed by atoms with Crippen molar-refractivity contribution < 1.29 is 4.79 Å². The molecule has 0 radical (unpaired) electrons. The van der Waals surface area contributed by atoms with Gasteiger partial charge in [-0.2, -0.15) is 0 Å². The number of benzene rings is 2. The molecule has 0 saturated heterocycles. The van der Waals surface area contributed by atoms with Crippen molar-refractivity contribution in [1.82, 2.24) is 0 Å². The molecule has 0 aliphatic carbocycles. The Bertz CT molecular complexity index is 612. The molecule has 1 amide bonds. The summed E-state index contributed by atoms with van der Waals surface area (Å²) in [5, 5.41) is 3.59. The van der Waals surface area contributed by atoms with Crippen molar-refractivity contribution in [2.75, 3.05) is 5.32 Å². The summed E-state index contributed by atoms with van der Waals surface area (Å²) in [5.41, 5.74) is 3.11. The summed E-state index contributed by atoms with van der Waals surface area (Å²) in [4.78, 5) is 12.2. The van der Waals surface area contributed by atoms with Crippen LogP contribution in [-0.2, 0) is 10.5 Å². The molecule has 0 spiro atoms. The summed E-state index contributed by atoms with van der Waals surface area (Å²) in [6, 6.07) is 15.5. The van der Waals surface area contributed by atoms with Crippen LogP contribution in [0.5, 0.6) is 0 Å². The number of hydrogen-bond donors (Lipinski definition) is 1. The molecule has 0 heterocycles. The number of rotatable bonds is 5. The number of amides is 1. The molecule has 0 aromatic heterocycles. The maximum absolute atomic E-state index is 12.2.